The Morgan fingerprint density at radius 3 is 3.25 bits per heavy atom. The molecular formula is C10H13ClN2OS2. The number of Topliss-reactive ketones (excluding diaryl/α,β-unsaturated/α-hetero) is 1. The molecule has 2 heterocycles. The molecule has 0 aromatic carbocycles. The number of nitrogens with zero attached hydrogens (tertiary/aromatic N) is 2. The Morgan fingerprint density at radius 1 is 1.75 bits per heavy atom. The zero-order valence-corrected chi connectivity index (χ0v) is 11.4. The number of halogens is 1. The van der Waals surface area contributed by atoms with E-state index in [2.05, 4.69) is 16.8 Å². The molecule has 0 aliphatic carbocycles. The number of anilines is 1. The number of hydrogen-bond acceptors (Lipinski definition) is 5. The highest BCUT2D eigenvalue weighted by atomic mass is 35.5. The van der Waals surface area contributed by atoms with Gasteiger partial charge >= 0.3 is 0 Å². The third-order valence-electron chi connectivity index (χ3n) is 2.41. The van der Waals surface area contributed by atoms with Gasteiger partial charge in [0.2, 0.25) is 0 Å². The maximum Gasteiger partial charge on any atom is 0.196 e. The molecule has 0 saturated carbocycles. The van der Waals surface area contributed by atoms with Gasteiger partial charge < -0.3 is 4.90 Å². The van der Waals surface area contributed by atoms with Crippen LogP contribution in [0.3, 0.4) is 0 Å². The van der Waals surface area contributed by atoms with Crippen LogP contribution < -0.4 is 4.90 Å². The number of aromatic nitrogens is 1. The molecule has 1 saturated heterocycles. The van der Waals surface area contributed by atoms with Crippen molar-refractivity contribution in [3.63, 3.8) is 0 Å². The first-order chi connectivity index (χ1) is 7.70. The van der Waals surface area contributed by atoms with Gasteiger partial charge in [0.05, 0.1) is 5.88 Å². The van der Waals surface area contributed by atoms with Gasteiger partial charge in [-0.15, -0.1) is 22.9 Å². The topological polar surface area (TPSA) is 33.2 Å². The Kier molecular flexibility index (Phi) is 4.10. The molecule has 1 aromatic heterocycles. The van der Waals surface area contributed by atoms with E-state index in [9.17, 15) is 4.79 Å². The number of rotatable bonds is 3. The summed E-state index contributed by atoms with van der Waals surface area (Å²) < 4.78 is 0. The van der Waals surface area contributed by atoms with E-state index in [0.29, 0.717) is 10.9 Å². The van der Waals surface area contributed by atoms with Gasteiger partial charge in [0.1, 0.15) is 5.69 Å². The number of carbonyl (C=O) groups excluding carboxylic acids is 1. The fraction of sp³-hybridized carbons (Fsp3) is 0.600. The number of hydrogen-bond donors (Lipinski definition) is 0. The first-order valence-electron chi connectivity index (χ1n) is 5.12. The normalized spacial score (nSPS) is 21.1. The summed E-state index contributed by atoms with van der Waals surface area (Å²) in [5, 5.41) is 3.37. The Morgan fingerprint density at radius 2 is 2.56 bits per heavy atom. The summed E-state index contributed by atoms with van der Waals surface area (Å²) in [6.07, 6.45) is 0. The lowest BCUT2D eigenvalue weighted by atomic mass is 10.3. The lowest BCUT2D eigenvalue weighted by Gasteiger charge is -2.30. The van der Waals surface area contributed by atoms with Gasteiger partial charge in [0.15, 0.2) is 10.9 Å². The van der Waals surface area contributed by atoms with Crippen molar-refractivity contribution in [2.45, 2.75) is 12.2 Å². The zero-order chi connectivity index (χ0) is 11.5. The van der Waals surface area contributed by atoms with Crippen molar-refractivity contribution < 1.29 is 4.79 Å². The van der Waals surface area contributed by atoms with Crippen LogP contribution in [0.5, 0.6) is 0 Å². The second-order valence-electron chi connectivity index (χ2n) is 3.70. The van der Waals surface area contributed by atoms with Gasteiger partial charge in [-0.05, 0) is 0 Å². The Balaban J connectivity index is 2.09. The molecule has 2 rings (SSSR count). The molecule has 0 bridgehead atoms. The van der Waals surface area contributed by atoms with Crippen molar-refractivity contribution in [1.82, 2.24) is 4.98 Å². The van der Waals surface area contributed by atoms with Crippen LogP contribution >= 0.6 is 34.7 Å². The second kappa shape index (κ2) is 5.38. The number of carbonyl (C=O) groups is 1. The van der Waals surface area contributed by atoms with E-state index in [1.165, 1.54) is 11.3 Å². The average molecular weight is 277 g/mol. The molecule has 1 atom stereocenters. The summed E-state index contributed by atoms with van der Waals surface area (Å²) >= 11 is 9.01. The van der Waals surface area contributed by atoms with Crippen LogP contribution in [0.2, 0.25) is 0 Å². The monoisotopic (exact) mass is 276 g/mol. The highest BCUT2D eigenvalue weighted by Crippen LogP contribution is 2.26. The predicted octanol–water partition coefficient (Wildman–Crippen LogP) is 2.51. The van der Waals surface area contributed by atoms with Gasteiger partial charge in [-0.1, -0.05) is 6.92 Å². The molecule has 1 aliphatic heterocycles. The Hall–Kier alpha value is -0.260. The maximum atomic E-state index is 11.4. The van der Waals surface area contributed by atoms with E-state index < -0.39 is 0 Å². The molecular weight excluding hydrogens is 264 g/mol. The van der Waals surface area contributed by atoms with Crippen LogP contribution in [0, 0.1) is 0 Å². The summed E-state index contributed by atoms with van der Waals surface area (Å²) in [4.78, 5) is 18.0. The predicted molar refractivity (Wildman–Crippen MR) is 71.3 cm³/mol. The third-order valence-corrected chi connectivity index (χ3v) is 4.69. The molecule has 16 heavy (non-hydrogen) atoms. The fourth-order valence-electron chi connectivity index (χ4n) is 1.60. The van der Waals surface area contributed by atoms with E-state index >= 15 is 0 Å². The number of alkyl halides is 1. The summed E-state index contributed by atoms with van der Waals surface area (Å²) in [6.45, 7) is 4.24. The van der Waals surface area contributed by atoms with Crippen LogP contribution in [-0.2, 0) is 0 Å². The lowest BCUT2D eigenvalue weighted by molar-refractivity contribution is 0.101. The Bertz CT molecular complexity index is 383. The van der Waals surface area contributed by atoms with Crippen molar-refractivity contribution in [3.05, 3.63) is 11.1 Å². The molecule has 88 valence electrons. The number of ketones is 1. The van der Waals surface area contributed by atoms with Crippen molar-refractivity contribution >= 4 is 45.6 Å². The molecule has 0 radical (unpaired) electrons. The molecule has 1 aliphatic rings. The highest BCUT2D eigenvalue weighted by Gasteiger charge is 2.20. The van der Waals surface area contributed by atoms with Crippen molar-refractivity contribution in [2.24, 2.45) is 0 Å². The summed E-state index contributed by atoms with van der Waals surface area (Å²) in [6, 6.07) is 0. The molecule has 0 spiro atoms. The first kappa shape index (κ1) is 12.2. The minimum atomic E-state index is -0.0939. The van der Waals surface area contributed by atoms with Crippen LogP contribution in [0.15, 0.2) is 5.38 Å². The van der Waals surface area contributed by atoms with Gasteiger partial charge in [0.25, 0.3) is 0 Å². The first-order valence-corrected chi connectivity index (χ1v) is 7.58. The zero-order valence-electron chi connectivity index (χ0n) is 8.98. The largest absolute Gasteiger partial charge is 0.346 e. The molecule has 1 fully saturated rings. The number of thiazole rings is 1. The molecule has 0 amide bonds. The van der Waals surface area contributed by atoms with E-state index in [1.54, 1.807) is 5.38 Å². The van der Waals surface area contributed by atoms with Crippen LogP contribution in [-0.4, -0.2) is 40.7 Å². The molecule has 6 heteroatoms. The molecule has 1 aromatic rings. The minimum Gasteiger partial charge on any atom is -0.346 e. The van der Waals surface area contributed by atoms with Gasteiger partial charge in [-0.3, -0.25) is 4.79 Å². The van der Waals surface area contributed by atoms with Crippen LogP contribution in [0.1, 0.15) is 17.4 Å². The van der Waals surface area contributed by atoms with Crippen LogP contribution in [0.4, 0.5) is 5.13 Å². The molecule has 1 unspecified atom stereocenters. The molecule has 0 N–H and O–H groups in total. The van der Waals surface area contributed by atoms with E-state index in [-0.39, 0.29) is 11.7 Å². The quantitative estimate of drug-likeness (QED) is 0.627. The number of thioether (sulfide) groups is 1. The average Bonchev–Trinajstić information content (AvgIpc) is 2.77. The summed E-state index contributed by atoms with van der Waals surface area (Å²) in [5.41, 5.74) is 0.501. The van der Waals surface area contributed by atoms with Gasteiger partial charge in [-0.25, -0.2) is 4.98 Å². The third kappa shape index (κ3) is 2.70. The fourth-order valence-corrected chi connectivity index (χ4v) is 3.62. The summed E-state index contributed by atoms with van der Waals surface area (Å²) in [7, 11) is 0. The van der Waals surface area contributed by atoms with Gasteiger partial charge in [0, 0.05) is 29.5 Å². The van der Waals surface area contributed by atoms with E-state index in [1.807, 2.05) is 11.8 Å². The van der Waals surface area contributed by atoms with E-state index in [0.717, 1.165) is 24.0 Å². The summed E-state index contributed by atoms with van der Waals surface area (Å²) in [5.74, 6) is 1.04. The Labute approximate surface area is 108 Å². The van der Waals surface area contributed by atoms with Crippen molar-refractivity contribution in [1.29, 1.82) is 0 Å². The van der Waals surface area contributed by atoms with Gasteiger partial charge in [-0.2, -0.15) is 11.8 Å². The maximum absolute atomic E-state index is 11.4. The standard InChI is InChI=1S/C10H13ClN2OS2/c1-7-5-13(2-3-15-7)10-12-8(6-16-10)9(14)4-11/h6-7H,2-5H2,1H3. The molecule has 3 nitrogen and oxygen atoms in total. The second-order valence-corrected chi connectivity index (χ2v) is 6.35. The van der Waals surface area contributed by atoms with E-state index in [4.69, 9.17) is 11.6 Å². The minimum absolute atomic E-state index is 0.00935. The smallest absolute Gasteiger partial charge is 0.196 e. The van der Waals surface area contributed by atoms with Crippen molar-refractivity contribution in [3.8, 4) is 0 Å². The SMILES string of the molecule is CC1CN(c2nc(C(=O)CCl)cs2)CCS1. The van der Waals surface area contributed by atoms with Crippen molar-refractivity contribution in [2.75, 3.05) is 29.6 Å². The lowest BCUT2D eigenvalue weighted by Crippen LogP contribution is -2.36. The van der Waals surface area contributed by atoms with Crippen LogP contribution in [0.25, 0.3) is 0 Å². The highest BCUT2D eigenvalue weighted by molar-refractivity contribution is 8.00.